The molecule has 0 spiro atoms. The maximum atomic E-state index is 13.1. The Hall–Kier alpha value is -4.04. The van der Waals surface area contributed by atoms with Crippen molar-refractivity contribution >= 4 is 46.9 Å². The molecule has 32 heavy (non-hydrogen) atoms. The van der Waals surface area contributed by atoms with Crippen LogP contribution in [-0.2, 0) is 16.0 Å². The summed E-state index contributed by atoms with van der Waals surface area (Å²) in [5, 5.41) is 11.9. The van der Waals surface area contributed by atoms with Crippen molar-refractivity contribution < 1.29 is 23.9 Å². The van der Waals surface area contributed by atoms with E-state index in [9.17, 15) is 19.5 Å². The minimum absolute atomic E-state index is 0.00285. The molecule has 2 N–H and O–H groups in total. The largest absolute Gasteiger partial charge is 0.478 e. The highest BCUT2D eigenvalue weighted by molar-refractivity contribution is 7.80. The summed E-state index contributed by atoms with van der Waals surface area (Å²) in [5.41, 5.74) is 1.97. The number of carbonyl (C=O) groups is 3. The van der Waals surface area contributed by atoms with Crippen LogP contribution in [0.5, 0.6) is 0 Å². The first kappa shape index (κ1) is 21.2. The Morgan fingerprint density at radius 3 is 2.50 bits per heavy atom. The Morgan fingerprint density at radius 2 is 1.81 bits per heavy atom. The molecule has 7 nitrogen and oxygen atoms in total. The van der Waals surface area contributed by atoms with Gasteiger partial charge in [0.05, 0.1) is 11.3 Å². The number of aromatic carboxylic acids is 1. The summed E-state index contributed by atoms with van der Waals surface area (Å²) in [6.45, 7) is 2.03. The van der Waals surface area contributed by atoms with E-state index in [0.717, 1.165) is 12.0 Å². The molecule has 0 aliphatic carbocycles. The van der Waals surface area contributed by atoms with Gasteiger partial charge in [0.15, 0.2) is 5.11 Å². The van der Waals surface area contributed by atoms with Crippen LogP contribution in [0.2, 0.25) is 0 Å². The second kappa shape index (κ2) is 8.60. The van der Waals surface area contributed by atoms with E-state index < -0.39 is 17.8 Å². The molecule has 0 saturated carbocycles. The van der Waals surface area contributed by atoms with Gasteiger partial charge in [0.2, 0.25) is 0 Å². The highest BCUT2D eigenvalue weighted by Gasteiger charge is 2.34. The lowest BCUT2D eigenvalue weighted by Crippen LogP contribution is -2.54. The lowest BCUT2D eigenvalue weighted by molar-refractivity contribution is -0.122. The predicted molar refractivity (Wildman–Crippen MR) is 123 cm³/mol. The Labute approximate surface area is 189 Å². The molecule has 0 atom stereocenters. The number of furan rings is 1. The van der Waals surface area contributed by atoms with E-state index in [-0.39, 0.29) is 22.0 Å². The third kappa shape index (κ3) is 3.95. The number of carboxylic acid groups (broad SMARTS) is 1. The molecule has 160 valence electrons. The summed E-state index contributed by atoms with van der Waals surface area (Å²) in [5.74, 6) is -1.76. The highest BCUT2D eigenvalue weighted by Crippen LogP contribution is 2.28. The van der Waals surface area contributed by atoms with Gasteiger partial charge in [0.1, 0.15) is 17.1 Å². The molecule has 4 rings (SSSR count). The van der Waals surface area contributed by atoms with Crippen LogP contribution in [-0.4, -0.2) is 28.0 Å². The van der Waals surface area contributed by atoms with Crippen molar-refractivity contribution in [2.75, 3.05) is 4.90 Å². The van der Waals surface area contributed by atoms with E-state index in [1.54, 1.807) is 42.5 Å². The molecule has 2 aromatic carbocycles. The fourth-order valence-corrected chi connectivity index (χ4v) is 3.66. The van der Waals surface area contributed by atoms with Gasteiger partial charge in [-0.1, -0.05) is 37.3 Å². The van der Waals surface area contributed by atoms with Crippen LogP contribution in [0.25, 0.3) is 17.4 Å². The Balaban J connectivity index is 1.68. The number of aryl methyl sites for hydroxylation is 1. The first-order valence-electron chi connectivity index (χ1n) is 9.82. The molecule has 2 amide bonds. The highest BCUT2D eigenvalue weighted by atomic mass is 32.1. The van der Waals surface area contributed by atoms with Gasteiger partial charge in [0.25, 0.3) is 11.8 Å². The molecule has 1 aliphatic heterocycles. The van der Waals surface area contributed by atoms with Crippen molar-refractivity contribution in [3.8, 4) is 11.3 Å². The molecule has 1 fully saturated rings. The zero-order valence-corrected chi connectivity index (χ0v) is 17.8. The van der Waals surface area contributed by atoms with E-state index >= 15 is 0 Å². The van der Waals surface area contributed by atoms with Crippen molar-refractivity contribution in [1.29, 1.82) is 0 Å². The minimum Gasteiger partial charge on any atom is -0.478 e. The number of amides is 2. The summed E-state index contributed by atoms with van der Waals surface area (Å²) in [6, 6.07) is 16.9. The topological polar surface area (TPSA) is 99.8 Å². The van der Waals surface area contributed by atoms with Crippen LogP contribution < -0.4 is 10.2 Å². The maximum absolute atomic E-state index is 13.1. The summed E-state index contributed by atoms with van der Waals surface area (Å²) < 4.78 is 5.73. The van der Waals surface area contributed by atoms with Crippen LogP contribution >= 0.6 is 12.2 Å². The zero-order chi connectivity index (χ0) is 22.8. The van der Waals surface area contributed by atoms with Gasteiger partial charge in [-0.3, -0.25) is 19.8 Å². The van der Waals surface area contributed by atoms with Crippen molar-refractivity contribution in [2.24, 2.45) is 0 Å². The lowest BCUT2D eigenvalue weighted by atomic mass is 10.1. The van der Waals surface area contributed by atoms with Gasteiger partial charge in [-0.05, 0) is 60.6 Å². The molecular formula is C24H18N2O5S. The van der Waals surface area contributed by atoms with E-state index in [0.29, 0.717) is 17.0 Å². The van der Waals surface area contributed by atoms with Crippen LogP contribution in [0.4, 0.5) is 5.69 Å². The van der Waals surface area contributed by atoms with Gasteiger partial charge in [-0.25, -0.2) is 4.79 Å². The fourth-order valence-electron chi connectivity index (χ4n) is 3.37. The van der Waals surface area contributed by atoms with Crippen molar-refractivity contribution in [3.05, 3.63) is 83.1 Å². The number of carbonyl (C=O) groups excluding carboxylic acids is 2. The number of benzene rings is 2. The average Bonchev–Trinajstić information content (AvgIpc) is 3.25. The number of thiocarbonyl (C=S) groups is 1. The van der Waals surface area contributed by atoms with Gasteiger partial charge in [-0.15, -0.1) is 0 Å². The molecule has 1 aliphatic rings. The average molecular weight is 446 g/mol. The van der Waals surface area contributed by atoms with E-state index in [2.05, 4.69) is 5.32 Å². The number of nitrogens with zero attached hydrogens (tertiary/aromatic N) is 1. The molecule has 0 radical (unpaired) electrons. The van der Waals surface area contributed by atoms with E-state index in [1.165, 1.54) is 17.0 Å². The van der Waals surface area contributed by atoms with Crippen molar-refractivity contribution in [3.63, 3.8) is 0 Å². The molecule has 2 heterocycles. The molecule has 1 aromatic heterocycles. The fraction of sp³-hybridized carbons (Fsp3) is 0.0833. The third-order valence-corrected chi connectivity index (χ3v) is 5.33. The second-order valence-corrected chi connectivity index (χ2v) is 7.42. The van der Waals surface area contributed by atoms with Gasteiger partial charge >= 0.3 is 5.97 Å². The second-order valence-electron chi connectivity index (χ2n) is 7.03. The van der Waals surface area contributed by atoms with Crippen LogP contribution in [0, 0.1) is 0 Å². The smallest absolute Gasteiger partial charge is 0.336 e. The van der Waals surface area contributed by atoms with Crippen LogP contribution in [0.3, 0.4) is 0 Å². The van der Waals surface area contributed by atoms with Gasteiger partial charge < -0.3 is 9.52 Å². The number of hydrogen-bond donors (Lipinski definition) is 2. The molecule has 3 aromatic rings. The molecule has 1 saturated heterocycles. The van der Waals surface area contributed by atoms with Crippen LogP contribution in [0.15, 0.2) is 70.7 Å². The van der Waals surface area contributed by atoms with Gasteiger partial charge in [-0.2, -0.15) is 0 Å². The Morgan fingerprint density at radius 1 is 1.09 bits per heavy atom. The summed E-state index contributed by atoms with van der Waals surface area (Å²) in [4.78, 5) is 38.3. The normalized spacial score (nSPS) is 15.2. The third-order valence-electron chi connectivity index (χ3n) is 5.04. The Kier molecular flexibility index (Phi) is 5.70. The summed E-state index contributed by atoms with van der Waals surface area (Å²) in [7, 11) is 0. The lowest BCUT2D eigenvalue weighted by Gasteiger charge is -2.28. The van der Waals surface area contributed by atoms with Gasteiger partial charge in [0, 0.05) is 5.56 Å². The van der Waals surface area contributed by atoms with Crippen LogP contribution in [0.1, 0.15) is 28.6 Å². The minimum atomic E-state index is -1.09. The molecular weight excluding hydrogens is 428 g/mol. The summed E-state index contributed by atoms with van der Waals surface area (Å²) in [6.07, 6.45) is 2.17. The standard InChI is InChI=1S/C24H18N2O5S/c1-2-14-7-9-15(10-8-14)26-22(28)19(21(27)25-24(26)32)13-16-11-12-20(31-16)17-5-3-4-6-18(17)23(29)30/h3-13H,2H2,1H3,(H,29,30)(H,25,27,32)/b19-13+. The SMILES string of the molecule is CCc1ccc(N2C(=O)/C(=C/c3ccc(-c4ccccc4C(=O)O)o3)C(=O)NC2=S)cc1. The summed E-state index contributed by atoms with van der Waals surface area (Å²) >= 11 is 5.22. The van der Waals surface area contributed by atoms with Crippen molar-refractivity contribution in [2.45, 2.75) is 13.3 Å². The molecule has 0 bridgehead atoms. The first-order chi connectivity index (χ1) is 15.4. The predicted octanol–water partition coefficient (Wildman–Crippen LogP) is 4.04. The van der Waals surface area contributed by atoms with E-state index in [4.69, 9.17) is 16.6 Å². The number of nitrogens with one attached hydrogen (secondary N) is 1. The monoisotopic (exact) mass is 446 g/mol. The number of rotatable bonds is 5. The quantitative estimate of drug-likeness (QED) is 0.349. The van der Waals surface area contributed by atoms with E-state index in [1.807, 2.05) is 19.1 Å². The Bertz CT molecular complexity index is 1270. The number of carboxylic acids is 1. The number of hydrogen-bond acceptors (Lipinski definition) is 5. The maximum Gasteiger partial charge on any atom is 0.336 e. The number of anilines is 1. The molecule has 0 unspecified atom stereocenters. The molecule has 8 heteroatoms. The van der Waals surface area contributed by atoms with Crippen molar-refractivity contribution in [1.82, 2.24) is 5.32 Å². The first-order valence-corrected chi connectivity index (χ1v) is 10.2. The zero-order valence-electron chi connectivity index (χ0n) is 17.0.